The van der Waals surface area contributed by atoms with Crippen molar-refractivity contribution in [3.05, 3.63) is 96.7 Å². The Hall–Kier alpha value is -3.53. The number of hydrogen-bond donors (Lipinski definition) is 1. The first-order valence-corrected chi connectivity index (χ1v) is 12.4. The molecular weight excluding hydrogens is 470 g/mol. The minimum Gasteiger partial charge on any atom is -0.410 e. The highest BCUT2D eigenvalue weighted by Gasteiger charge is 2.16. The van der Waals surface area contributed by atoms with Crippen LogP contribution in [0.2, 0.25) is 0 Å². The van der Waals surface area contributed by atoms with Crippen molar-refractivity contribution < 1.29 is 18.3 Å². The first kappa shape index (κ1) is 23.6. The summed E-state index contributed by atoms with van der Waals surface area (Å²) < 4.78 is 28.7. The third kappa shape index (κ3) is 5.88. The van der Waals surface area contributed by atoms with Gasteiger partial charge in [0.15, 0.2) is 0 Å². The normalized spacial score (nSPS) is 11.6. The molecule has 2 aromatic heterocycles. The number of carbonyl (C=O) groups is 1. The van der Waals surface area contributed by atoms with E-state index in [2.05, 4.69) is 4.98 Å². The molecule has 0 saturated carbocycles. The van der Waals surface area contributed by atoms with E-state index in [1.807, 2.05) is 72.8 Å². The van der Waals surface area contributed by atoms with Crippen LogP contribution in [-0.4, -0.2) is 33.4 Å². The Morgan fingerprint density at radius 2 is 1.74 bits per heavy atom. The van der Waals surface area contributed by atoms with Gasteiger partial charge in [-0.05, 0) is 60.5 Å². The maximum Gasteiger partial charge on any atom is 0.419 e. The van der Waals surface area contributed by atoms with Crippen molar-refractivity contribution in [3.63, 3.8) is 0 Å². The number of amides is 1. The Balaban J connectivity index is 1.36. The highest BCUT2D eigenvalue weighted by molar-refractivity contribution is 7.81. The van der Waals surface area contributed by atoms with Crippen molar-refractivity contribution in [2.45, 2.75) is 6.42 Å². The second-order valence-electron chi connectivity index (χ2n) is 7.34. The number of nitrogens with zero attached hydrogens (tertiary/aromatic N) is 3. The van der Waals surface area contributed by atoms with Crippen molar-refractivity contribution >= 4 is 39.4 Å². The van der Waals surface area contributed by atoms with Gasteiger partial charge in [-0.3, -0.25) is 18.7 Å². The van der Waals surface area contributed by atoms with Gasteiger partial charge in [0.2, 0.25) is 0 Å². The van der Waals surface area contributed by atoms with Crippen LogP contribution in [0, 0.1) is 0 Å². The summed E-state index contributed by atoms with van der Waals surface area (Å²) in [4.78, 5) is 19.1. The molecule has 0 aliphatic heterocycles. The molecule has 9 heteroatoms. The Kier molecular flexibility index (Phi) is 7.69. The van der Waals surface area contributed by atoms with E-state index in [1.165, 1.54) is 20.5 Å². The third-order valence-electron chi connectivity index (χ3n) is 5.09. The second-order valence-corrected chi connectivity index (χ2v) is 9.31. The van der Waals surface area contributed by atoms with Crippen LogP contribution < -0.4 is 13.9 Å². The first-order chi connectivity index (χ1) is 16.5. The summed E-state index contributed by atoms with van der Waals surface area (Å²) in [6.45, 7) is 0.348. The molecule has 174 valence electrons. The first-order valence-electron chi connectivity index (χ1n) is 10.5. The molecule has 0 radical (unpaired) electrons. The van der Waals surface area contributed by atoms with Crippen LogP contribution in [0.5, 0.6) is 5.75 Å². The number of aromatic nitrogens is 1. The predicted octanol–water partition coefficient (Wildman–Crippen LogP) is 5.63. The lowest BCUT2D eigenvalue weighted by atomic mass is 10.1. The number of pyridine rings is 1. The smallest absolute Gasteiger partial charge is 0.410 e. The second kappa shape index (κ2) is 11.1. The van der Waals surface area contributed by atoms with Gasteiger partial charge in [-0.1, -0.05) is 36.4 Å². The molecular formula is C25H23N3O4S2. The van der Waals surface area contributed by atoms with Crippen LogP contribution in [0.15, 0.2) is 91.1 Å². The lowest BCUT2D eigenvalue weighted by molar-refractivity contribution is 0.209. The monoisotopic (exact) mass is 493 g/mol. The molecule has 0 aliphatic rings. The van der Waals surface area contributed by atoms with E-state index in [9.17, 15) is 13.6 Å². The minimum absolute atomic E-state index is 0.348. The highest BCUT2D eigenvalue weighted by atomic mass is 32.2. The third-order valence-corrected chi connectivity index (χ3v) is 7.10. The molecule has 0 aliphatic carbocycles. The van der Waals surface area contributed by atoms with Gasteiger partial charge in [-0.2, -0.15) is 0 Å². The number of ether oxygens (including phenoxy) is 1. The van der Waals surface area contributed by atoms with Crippen molar-refractivity contribution in [3.8, 4) is 16.3 Å². The van der Waals surface area contributed by atoms with Gasteiger partial charge in [-0.15, -0.1) is 11.3 Å². The van der Waals surface area contributed by atoms with E-state index < -0.39 is 17.4 Å². The fourth-order valence-corrected chi connectivity index (χ4v) is 4.94. The fraction of sp³-hybridized carbons (Fsp3) is 0.120. The van der Waals surface area contributed by atoms with E-state index in [0.717, 1.165) is 21.8 Å². The molecule has 1 N–H and O–H groups in total. The number of para-hydroxylation sites is 1. The van der Waals surface area contributed by atoms with Gasteiger partial charge >= 0.3 is 6.09 Å². The van der Waals surface area contributed by atoms with E-state index in [-0.39, 0.29) is 0 Å². The van der Waals surface area contributed by atoms with Crippen LogP contribution in [0.25, 0.3) is 10.6 Å². The lowest BCUT2D eigenvalue weighted by Crippen LogP contribution is -2.29. The van der Waals surface area contributed by atoms with Gasteiger partial charge in [0.25, 0.3) is 11.3 Å². The van der Waals surface area contributed by atoms with Crippen molar-refractivity contribution in [2.75, 3.05) is 22.8 Å². The summed E-state index contributed by atoms with van der Waals surface area (Å²) in [5.41, 5.74) is 2.51. The number of benzene rings is 2. The number of thiophene rings is 1. The standard InChI is InChI=1S/C25H23N3O4S2/c1-27(20-7-3-2-4-8-20)25(29)32-21-12-10-19(11-13-21)16-18-28(34(30)31)24-15-14-23(33-24)22-9-5-6-17-26-22/h2-15,17H,16,18H2,1H3,(H,30,31). The maximum absolute atomic E-state index is 12.4. The van der Waals surface area contributed by atoms with Crippen LogP contribution in [0.1, 0.15) is 5.56 Å². The van der Waals surface area contributed by atoms with Gasteiger partial charge in [0.05, 0.1) is 10.6 Å². The van der Waals surface area contributed by atoms with Gasteiger partial charge in [0, 0.05) is 25.5 Å². The zero-order valence-electron chi connectivity index (χ0n) is 18.4. The molecule has 0 saturated heterocycles. The number of hydrogen-bond acceptors (Lipinski definition) is 5. The average Bonchev–Trinajstić information content (AvgIpc) is 3.35. The van der Waals surface area contributed by atoms with Crippen molar-refractivity contribution in [1.29, 1.82) is 0 Å². The average molecular weight is 494 g/mol. The van der Waals surface area contributed by atoms with Crippen LogP contribution in [0.4, 0.5) is 15.5 Å². The molecule has 0 bridgehead atoms. The molecule has 0 fully saturated rings. The van der Waals surface area contributed by atoms with Crippen LogP contribution in [-0.2, 0) is 17.7 Å². The molecule has 4 rings (SSSR count). The Morgan fingerprint density at radius 3 is 2.41 bits per heavy atom. The topological polar surface area (TPSA) is 83.0 Å². The molecule has 0 spiro atoms. The molecule has 1 unspecified atom stereocenters. The minimum atomic E-state index is -2.16. The van der Waals surface area contributed by atoms with Gasteiger partial charge in [0.1, 0.15) is 10.8 Å². The maximum atomic E-state index is 12.4. The highest BCUT2D eigenvalue weighted by Crippen LogP contribution is 2.33. The van der Waals surface area contributed by atoms with Crippen LogP contribution >= 0.6 is 11.3 Å². The molecule has 34 heavy (non-hydrogen) atoms. The molecule has 1 amide bonds. The summed E-state index contributed by atoms with van der Waals surface area (Å²) in [6.07, 6.45) is 1.78. The zero-order chi connectivity index (χ0) is 23.9. The van der Waals surface area contributed by atoms with E-state index >= 15 is 0 Å². The van der Waals surface area contributed by atoms with E-state index in [4.69, 9.17) is 4.74 Å². The molecule has 2 aromatic carbocycles. The Labute approximate surface area is 204 Å². The Morgan fingerprint density at radius 1 is 1.00 bits per heavy atom. The summed E-state index contributed by atoms with van der Waals surface area (Å²) >= 11 is -0.742. The summed E-state index contributed by atoms with van der Waals surface area (Å²) in [7, 11) is 1.65. The van der Waals surface area contributed by atoms with E-state index in [0.29, 0.717) is 23.7 Å². The van der Waals surface area contributed by atoms with Crippen LogP contribution in [0.3, 0.4) is 0 Å². The predicted molar refractivity (Wildman–Crippen MR) is 137 cm³/mol. The van der Waals surface area contributed by atoms with Crippen molar-refractivity contribution in [2.24, 2.45) is 0 Å². The Bertz CT molecular complexity index is 1250. The molecule has 2 heterocycles. The SMILES string of the molecule is CN(C(=O)Oc1ccc(CCN(c2ccc(-c3ccccn3)s2)S(=O)O)cc1)c1ccccc1. The lowest BCUT2D eigenvalue weighted by Gasteiger charge is -2.18. The van der Waals surface area contributed by atoms with E-state index in [1.54, 1.807) is 25.4 Å². The van der Waals surface area contributed by atoms with Gasteiger partial charge in [-0.25, -0.2) is 9.00 Å². The summed E-state index contributed by atoms with van der Waals surface area (Å²) in [5.74, 6) is 0.428. The fourth-order valence-electron chi connectivity index (χ4n) is 3.25. The quantitative estimate of drug-likeness (QED) is 0.322. The van der Waals surface area contributed by atoms with Crippen molar-refractivity contribution in [1.82, 2.24) is 4.98 Å². The van der Waals surface area contributed by atoms with Gasteiger partial charge < -0.3 is 4.74 Å². The number of carbonyl (C=O) groups excluding carboxylic acids is 1. The zero-order valence-corrected chi connectivity index (χ0v) is 20.0. The summed E-state index contributed by atoms with van der Waals surface area (Å²) in [6, 6.07) is 25.8. The molecule has 7 nitrogen and oxygen atoms in total. The molecule has 4 aromatic rings. The molecule has 1 atom stereocenters. The summed E-state index contributed by atoms with van der Waals surface area (Å²) in [5, 5.41) is 0.691. The number of anilines is 2. The largest absolute Gasteiger partial charge is 0.419 e. The number of rotatable bonds is 8.